The Hall–Kier alpha value is -4.03. The zero-order chi connectivity index (χ0) is 34.9. The standard InChI is InChI=1S/C38H44N4O6.Co/c1-19-25(11-13-35(43)47-9)31-18-32-26(12-14-36(44)48-10)20(2)28(40-32)16-33-38(24(6)46-8)22(4)30(42-33)17-34-37(23(5)45-7)21(3)29(41-34)15-27(19)39-31;/h15-18,23-24H,11-14H2,1-10H3;/q-2;+2. The van der Waals surface area contributed by atoms with E-state index in [2.05, 4.69) is 6.92 Å². The average Bonchev–Trinajstić information content (AvgIpc) is 3.74. The summed E-state index contributed by atoms with van der Waals surface area (Å²) in [5.41, 5.74) is 13.7. The molecule has 2 unspecified atom stereocenters. The normalized spacial score (nSPS) is 14.1. The average molecular weight is 712 g/mol. The van der Waals surface area contributed by atoms with Crippen LogP contribution in [-0.4, -0.2) is 56.4 Å². The predicted octanol–water partition coefficient (Wildman–Crippen LogP) is 6.85. The van der Waals surface area contributed by atoms with Gasteiger partial charge in [0.15, 0.2) is 0 Å². The van der Waals surface area contributed by atoms with Gasteiger partial charge in [-0.1, -0.05) is 41.0 Å². The minimum absolute atomic E-state index is 0. The molecule has 49 heavy (non-hydrogen) atoms. The van der Waals surface area contributed by atoms with E-state index in [0.717, 1.165) is 78.2 Å². The van der Waals surface area contributed by atoms with Crippen LogP contribution in [0.15, 0.2) is 24.3 Å². The number of carbonyl (C=O) groups excluding carboxylic acids is 2. The van der Waals surface area contributed by atoms with Crippen molar-refractivity contribution < 1.29 is 45.3 Å². The summed E-state index contributed by atoms with van der Waals surface area (Å²) < 4.78 is 21.6. The molecule has 261 valence electrons. The molecule has 8 bridgehead atoms. The van der Waals surface area contributed by atoms with Gasteiger partial charge in [-0.25, -0.2) is 9.97 Å². The number of aryl methyl sites for hydroxylation is 3. The van der Waals surface area contributed by atoms with Gasteiger partial charge in [-0.15, -0.1) is 22.1 Å². The zero-order valence-corrected chi connectivity index (χ0v) is 30.9. The molecular weight excluding hydrogens is 667 g/mol. The van der Waals surface area contributed by atoms with E-state index in [1.165, 1.54) is 14.2 Å². The van der Waals surface area contributed by atoms with Gasteiger partial charge in [0.1, 0.15) is 0 Å². The van der Waals surface area contributed by atoms with Crippen LogP contribution in [0.25, 0.3) is 44.4 Å². The van der Waals surface area contributed by atoms with E-state index in [-0.39, 0.29) is 53.8 Å². The van der Waals surface area contributed by atoms with Crippen molar-refractivity contribution in [3.63, 3.8) is 0 Å². The molecule has 0 aromatic carbocycles. The second-order valence-electron chi connectivity index (χ2n) is 12.3. The van der Waals surface area contributed by atoms with Gasteiger partial charge in [0.25, 0.3) is 0 Å². The van der Waals surface area contributed by atoms with Crippen molar-refractivity contribution in [1.82, 2.24) is 19.9 Å². The van der Waals surface area contributed by atoms with Crippen molar-refractivity contribution >= 4 is 56.3 Å². The number of nitrogens with zero attached hydrogens (tertiary/aromatic N) is 4. The molecule has 10 nitrogen and oxygen atoms in total. The fourth-order valence-electron chi connectivity index (χ4n) is 6.55. The van der Waals surface area contributed by atoms with Crippen LogP contribution in [0.1, 0.15) is 98.1 Å². The molecule has 5 rings (SSSR count). The minimum atomic E-state index is -0.299. The Balaban J connectivity index is 0.00000541. The summed E-state index contributed by atoms with van der Waals surface area (Å²) >= 11 is 0. The molecule has 0 saturated heterocycles. The summed E-state index contributed by atoms with van der Waals surface area (Å²) in [7, 11) is 6.16. The van der Waals surface area contributed by atoms with E-state index in [9.17, 15) is 9.59 Å². The van der Waals surface area contributed by atoms with Crippen LogP contribution in [0, 0.1) is 13.8 Å². The molecule has 11 heteroatoms. The molecule has 0 N–H and O–H groups in total. The Labute approximate surface area is 297 Å². The summed E-state index contributed by atoms with van der Waals surface area (Å²) in [5, 5.41) is 0. The van der Waals surface area contributed by atoms with E-state index >= 15 is 0 Å². The SMILES string of the molecule is COC(=O)CCC1=C(C)c2cc3[n-]c(cc4nc(cc5[n-]c(cc1n2)c(CCC(=O)OC)c5C)C(C(C)OC)=C4C)c(C(C)OC)c3C.[Co+2]. The van der Waals surface area contributed by atoms with Gasteiger partial charge in [0, 0.05) is 32.6 Å². The number of hydrogen-bond donors (Lipinski definition) is 0. The molecule has 3 aromatic rings. The van der Waals surface area contributed by atoms with Crippen molar-refractivity contribution in [1.29, 1.82) is 0 Å². The summed E-state index contributed by atoms with van der Waals surface area (Å²) in [6.45, 7) is 12.1. The number of methoxy groups -OCH3 is 4. The van der Waals surface area contributed by atoms with Gasteiger partial charge in [0.05, 0.1) is 49.2 Å². The Morgan fingerprint density at radius 3 is 1.80 bits per heavy atom. The maximum absolute atomic E-state index is 12.2. The fourth-order valence-corrected chi connectivity index (χ4v) is 6.55. The third-order valence-electron chi connectivity index (χ3n) is 9.61. The first kappa shape index (κ1) is 37.8. The van der Waals surface area contributed by atoms with Crippen LogP contribution in [0.4, 0.5) is 0 Å². The molecule has 2 aliphatic heterocycles. The van der Waals surface area contributed by atoms with Crippen molar-refractivity contribution in [2.75, 3.05) is 28.4 Å². The maximum Gasteiger partial charge on any atom is 2.00 e. The molecule has 0 aliphatic carbocycles. The molecule has 5 heterocycles. The molecule has 2 aliphatic rings. The number of aromatic nitrogens is 4. The first-order valence-corrected chi connectivity index (χ1v) is 16.2. The Bertz CT molecular complexity index is 2000. The van der Waals surface area contributed by atoms with Crippen LogP contribution >= 0.6 is 0 Å². The van der Waals surface area contributed by atoms with Gasteiger partial charge < -0.3 is 28.9 Å². The second-order valence-corrected chi connectivity index (χ2v) is 12.3. The maximum atomic E-state index is 12.2. The second kappa shape index (κ2) is 15.7. The van der Waals surface area contributed by atoms with E-state index in [1.807, 2.05) is 58.9 Å². The Morgan fingerprint density at radius 1 is 0.653 bits per heavy atom. The van der Waals surface area contributed by atoms with E-state index in [0.29, 0.717) is 24.1 Å². The predicted molar refractivity (Wildman–Crippen MR) is 187 cm³/mol. The topological polar surface area (TPSA) is 125 Å². The number of fused-ring (bicyclic) bond motifs is 8. The molecular formula is C38H44CoN4O6. The van der Waals surface area contributed by atoms with E-state index in [1.54, 1.807) is 14.2 Å². The van der Waals surface area contributed by atoms with Crippen LogP contribution in [0.3, 0.4) is 0 Å². The third-order valence-corrected chi connectivity index (χ3v) is 9.61. The number of hydrogen-bond acceptors (Lipinski definition) is 8. The first-order valence-electron chi connectivity index (χ1n) is 16.2. The monoisotopic (exact) mass is 711 g/mol. The van der Waals surface area contributed by atoms with E-state index < -0.39 is 0 Å². The van der Waals surface area contributed by atoms with Crippen LogP contribution in [-0.2, 0) is 51.7 Å². The quantitative estimate of drug-likeness (QED) is 0.206. The number of esters is 2. The van der Waals surface area contributed by atoms with Crippen LogP contribution < -0.4 is 9.97 Å². The first-order chi connectivity index (χ1) is 22.9. The largest absolute Gasteiger partial charge is 2.00 e. The van der Waals surface area contributed by atoms with Crippen LogP contribution in [0.5, 0.6) is 0 Å². The number of ether oxygens (including phenoxy) is 4. The van der Waals surface area contributed by atoms with Crippen molar-refractivity contribution in [3.05, 3.63) is 69.3 Å². The number of allylic oxidation sites excluding steroid dienone is 3. The van der Waals surface area contributed by atoms with Crippen molar-refractivity contribution in [3.8, 4) is 0 Å². The van der Waals surface area contributed by atoms with Crippen LogP contribution in [0.2, 0.25) is 0 Å². The van der Waals surface area contributed by atoms with Crippen molar-refractivity contribution in [2.24, 2.45) is 0 Å². The molecule has 3 aromatic heterocycles. The van der Waals surface area contributed by atoms with Gasteiger partial charge in [0.2, 0.25) is 0 Å². The smallest absolute Gasteiger partial charge is 0.657 e. The van der Waals surface area contributed by atoms with Crippen molar-refractivity contribution in [2.45, 2.75) is 79.4 Å². The van der Waals surface area contributed by atoms with Gasteiger partial charge >= 0.3 is 28.7 Å². The molecule has 0 spiro atoms. The molecule has 2 atom stereocenters. The Morgan fingerprint density at radius 2 is 1.16 bits per heavy atom. The Kier molecular flexibility index (Phi) is 12.1. The molecule has 0 saturated carbocycles. The molecule has 0 fully saturated rings. The zero-order valence-electron chi connectivity index (χ0n) is 29.9. The summed E-state index contributed by atoms with van der Waals surface area (Å²) in [6.07, 6.45) is 0.855. The van der Waals surface area contributed by atoms with E-state index in [4.69, 9.17) is 38.9 Å². The van der Waals surface area contributed by atoms with Gasteiger partial charge in [-0.05, 0) is 76.7 Å². The molecule has 0 amide bonds. The molecule has 1 radical (unpaired) electrons. The van der Waals surface area contributed by atoms with Gasteiger partial charge in [-0.2, -0.15) is 0 Å². The number of rotatable bonds is 10. The minimum Gasteiger partial charge on any atom is -0.657 e. The summed E-state index contributed by atoms with van der Waals surface area (Å²) in [6, 6.07) is 7.96. The summed E-state index contributed by atoms with van der Waals surface area (Å²) in [4.78, 5) is 44.9. The third kappa shape index (κ3) is 7.45. The fraction of sp³-hybridized carbons (Fsp3) is 0.421. The summed E-state index contributed by atoms with van der Waals surface area (Å²) in [5.74, 6) is -0.597. The number of carbonyl (C=O) groups is 2. The van der Waals surface area contributed by atoms with Gasteiger partial charge in [-0.3, -0.25) is 9.59 Å².